The second-order valence-electron chi connectivity index (χ2n) is 5.41. The predicted molar refractivity (Wildman–Crippen MR) is 66.5 cm³/mol. The number of aliphatic hydroxyl groups excluding tert-OH is 1. The molecule has 1 unspecified atom stereocenters. The summed E-state index contributed by atoms with van der Waals surface area (Å²) in [7, 11) is 0. The molecule has 0 bridgehead atoms. The maximum absolute atomic E-state index is 13.3. The second kappa shape index (κ2) is 6.10. The van der Waals surface area contributed by atoms with Crippen LogP contribution in [0, 0.1) is 17.0 Å². The van der Waals surface area contributed by atoms with Gasteiger partial charge >= 0.3 is 5.97 Å². The maximum Gasteiger partial charge on any atom is 0.311 e. The fourth-order valence-electron chi connectivity index (χ4n) is 1.41. The van der Waals surface area contributed by atoms with Gasteiger partial charge in [0.2, 0.25) is 0 Å². The topological polar surface area (TPSA) is 46.5 Å². The SMILES string of the molecule is CC(C)(C)C(=O)OCC(O)Cc1c(F)cccc1F. The summed E-state index contributed by atoms with van der Waals surface area (Å²) in [5.74, 6) is -1.91. The van der Waals surface area contributed by atoms with Crippen LogP contribution in [-0.4, -0.2) is 23.8 Å². The van der Waals surface area contributed by atoms with Crippen molar-refractivity contribution in [1.29, 1.82) is 0 Å². The molecule has 0 saturated carbocycles. The Morgan fingerprint density at radius 2 is 1.84 bits per heavy atom. The van der Waals surface area contributed by atoms with Gasteiger partial charge in [-0.25, -0.2) is 8.78 Å². The number of hydrogen-bond donors (Lipinski definition) is 1. The summed E-state index contributed by atoms with van der Waals surface area (Å²) in [5, 5.41) is 9.66. The van der Waals surface area contributed by atoms with Crippen LogP contribution in [0.5, 0.6) is 0 Å². The van der Waals surface area contributed by atoms with E-state index in [0.29, 0.717) is 0 Å². The first-order valence-electron chi connectivity index (χ1n) is 6.00. The van der Waals surface area contributed by atoms with Gasteiger partial charge in [0.1, 0.15) is 18.2 Å². The van der Waals surface area contributed by atoms with Gasteiger partial charge in [0, 0.05) is 12.0 Å². The Bertz CT molecular complexity index is 432. The van der Waals surface area contributed by atoms with Crippen molar-refractivity contribution in [1.82, 2.24) is 0 Å². The summed E-state index contributed by atoms with van der Waals surface area (Å²) in [6, 6.07) is 3.48. The lowest BCUT2D eigenvalue weighted by Crippen LogP contribution is -2.28. The third-order valence-electron chi connectivity index (χ3n) is 2.52. The normalized spacial score (nSPS) is 13.2. The second-order valence-corrected chi connectivity index (χ2v) is 5.41. The van der Waals surface area contributed by atoms with Gasteiger partial charge in [-0.3, -0.25) is 4.79 Å². The Morgan fingerprint density at radius 3 is 2.32 bits per heavy atom. The van der Waals surface area contributed by atoms with Crippen molar-refractivity contribution in [2.24, 2.45) is 5.41 Å². The van der Waals surface area contributed by atoms with E-state index in [9.17, 15) is 18.7 Å². The van der Waals surface area contributed by atoms with Crippen LogP contribution in [-0.2, 0) is 16.0 Å². The zero-order valence-corrected chi connectivity index (χ0v) is 11.2. The third-order valence-corrected chi connectivity index (χ3v) is 2.52. The Labute approximate surface area is 111 Å². The highest BCUT2D eigenvalue weighted by Crippen LogP contribution is 2.17. The van der Waals surface area contributed by atoms with Crippen molar-refractivity contribution in [2.75, 3.05) is 6.61 Å². The minimum absolute atomic E-state index is 0.207. The minimum Gasteiger partial charge on any atom is -0.463 e. The first-order chi connectivity index (χ1) is 8.71. The van der Waals surface area contributed by atoms with Crippen LogP contribution in [0.3, 0.4) is 0 Å². The minimum atomic E-state index is -1.14. The van der Waals surface area contributed by atoms with E-state index in [-0.39, 0.29) is 18.6 Å². The fourth-order valence-corrected chi connectivity index (χ4v) is 1.41. The number of esters is 1. The molecule has 0 saturated heterocycles. The lowest BCUT2D eigenvalue weighted by molar-refractivity contribution is -0.155. The zero-order chi connectivity index (χ0) is 14.6. The fraction of sp³-hybridized carbons (Fsp3) is 0.500. The van der Waals surface area contributed by atoms with E-state index in [1.54, 1.807) is 20.8 Å². The summed E-state index contributed by atoms with van der Waals surface area (Å²) in [4.78, 5) is 11.5. The van der Waals surface area contributed by atoms with Crippen LogP contribution in [0.4, 0.5) is 8.78 Å². The van der Waals surface area contributed by atoms with Crippen LogP contribution >= 0.6 is 0 Å². The molecule has 0 aliphatic heterocycles. The molecule has 1 atom stereocenters. The standard InChI is InChI=1S/C14H18F2O3/c1-14(2,3)13(18)19-8-9(17)7-10-11(15)5-4-6-12(10)16/h4-6,9,17H,7-8H2,1-3H3. The molecular formula is C14H18F2O3. The highest BCUT2D eigenvalue weighted by atomic mass is 19.1. The smallest absolute Gasteiger partial charge is 0.311 e. The predicted octanol–water partition coefficient (Wildman–Crippen LogP) is 2.46. The van der Waals surface area contributed by atoms with E-state index >= 15 is 0 Å². The van der Waals surface area contributed by atoms with E-state index in [4.69, 9.17) is 4.74 Å². The van der Waals surface area contributed by atoms with Gasteiger partial charge in [0.25, 0.3) is 0 Å². The molecule has 1 rings (SSSR count). The van der Waals surface area contributed by atoms with E-state index in [0.717, 1.165) is 12.1 Å². The summed E-state index contributed by atoms with van der Waals surface area (Å²) >= 11 is 0. The first-order valence-corrected chi connectivity index (χ1v) is 6.00. The Balaban J connectivity index is 2.57. The Hall–Kier alpha value is -1.49. The summed E-state index contributed by atoms with van der Waals surface area (Å²) in [5.41, 5.74) is -0.884. The largest absolute Gasteiger partial charge is 0.463 e. The quantitative estimate of drug-likeness (QED) is 0.856. The van der Waals surface area contributed by atoms with E-state index in [2.05, 4.69) is 0 Å². The molecule has 1 aromatic rings. The van der Waals surface area contributed by atoms with Crippen molar-refractivity contribution < 1.29 is 23.4 Å². The maximum atomic E-state index is 13.3. The number of rotatable bonds is 4. The van der Waals surface area contributed by atoms with Gasteiger partial charge in [0.15, 0.2) is 0 Å². The molecule has 0 aromatic heterocycles. The van der Waals surface area contributed by atoms with Crippen LogP contribution < -0.4 is 0 Å². The first kappa shape index (κ1) is 15.6. The molecular weight excluding hydrogens is 254 g/mol. The number of benzene rings is 1. The lowest BCUT2D eigenvalue weighted by Gasteiger charge is -2.18. The molecule has 1 N–H and O–H groups in total. The summed E-state index contributed by atoms with van der Waals surface area (Å²) in [6.07, 6.45) is -1.38. The van der Waals surface area contributed by atoms with Crippen LogP contribution in [0.15, 0.2) is 18.2 Å². The van der Waals surface area contributed by atoms with E-state index in [1.165, 1.54) is 6.07 Å². The molecule has 5 heteroatoms. The van der Waals surface area contributed by atoms with Gasteiger partial charge in [-0.15, -0.1) is 0 Å². The number of halogens is 2. The molecule has 0 radical (unpaired) electrons. The van der Waals surface area contributed by atoms with Crippen LogP contribution in [0.1, 0.15) is 26.3 Å². The van der Waals surface area contributed by atoms with Gasteiger partial charge in [-0.05, 0) is 32.9 Å². The van der Waals surface area contributed by atoms with Crippen molar-refractivity contribution in [3.8, 4) is 0 Å². The molecule has 0 heterocycles. The van der Waals surface area contributed by atoms with Crippen molar-refractivity contribution in [3.63, 3.8) is 0 Å². The van der Waals surface area contributed by atoms with Crippen molar-refractivity contribution in [2.45, 2.75) is 33.3 Å². The van der Waals surface area contributed by atoms with Crippen LogP contribution in [0.25, 0.3) is 0 Å². The molecule has 1 aromatic carbocycles. The summed E-state index contributed by atoms with van der Waals surface area (Å²) in [6.45, 7) is 4.75. The third kappa shape index (κ3) is 4.59. The lowest BCUT2D eigenvalue weighted by atomic mass is 9.97. The highest BCUT2D eigenvalue weighted by Gasteiger charge is 2.24. The summed E-state index contributed by atoms with van der Waals surface area (Å²) < 4.78 is 31.6. The number of ether oxygens (including phenoxy) is 1. The average molecular weight is 272 g/mol. The van der Waals surface area contributed by atoms with E-state index in [1.807, 2.05) is 0 Å². The molecule has 0 spiro atoms. The zero-order valence-electron chi connectivity index (χ0n) is 11.2. The van der Waals surface area contributed by atoms with Gasteiger partial charge in [-0.2, -0.15) is 0 Å². The van der Waals surface area contributed by atoms with Gasteiger partial charge in [0.05, 0.1) is 11.5 Å². The number of carbonyl (C=O) groups excluding carboxylic acids is 1. The van der Waals surface area contributed by atoms with Gasteiger partial charge < -0.3 is 9.84 Å². The molecule has 0 aliphatic carbocycles. The monoisotopic (exact) mass is 272 g/mol. The molecule has 0 fully saturated rings. The van der Waals surface area contributed by atoms with Crippen LogP contribution in [0.2, 0.25) is 0 Å². The Morgan fingerprint density at radius 1 is 1.32 bits per heavy atom. The highest BCUT2D eigenvalue weighted by molar-refractivity contribution is 5.75. The van der Waals surface area contributed by atoms with Crippen molar-refractivity contribution >= 4 is 5.97 Å². The number of hydrogen-bond acceptors (Lipinski definition) is 3. The van der Waals surface area contributed by atoms with Crippen molar-refractivity contribution in [3.05, 3.63) is 35.4 Å². The number of carbonyl (C=O) groups is 1. The average Bonchev–Trinajstić information content (AvgIpc) is 2.29. The molecule has 0 amide bonds. The molecule has 0 aliphatic rings. The van der Waals surface area contributed by atoms with Gasteiger partial charge in [-0.1, -0.05) is 6.07 Å². The molecule has 3 nitrogen and oxygen atoms in total. The Kier molecular flexibility index (Phi) is 5.00. The van der Waals surface area contributed by atoms with E-state index < -0.39 is 29.1 Å². The molecule has 106 valence electrons. The molecule has 19 heavy (non-hydrogen) atoms. The number of aliphatic hydroxyl groups is 1.